The van der Waals surface area contributed by atoms with Crippen LogP contribution in [0.1, 0.15) is 28.2 Å². The molecule has 3 nitrogen and oxygen atoms in total. The molecule has 13 heteroatoms. The van der Waals surface area contributed by atoms with Gasteiger partial charge in [-0.3, -0.25) is 9.59 Å². The minimum absolute atomic E-state index is 0.0398. The first-order chi connectivity index (χ1) is 15.5. The molecule has 0 heterocycles. The van der Waals surface area contributed by atoms with E-state index >= 15 is 0 Å². The predicted molar refractivity (Wildman–Crippen MR) is 110 cm³/mol. The van der Waals surface area contributed by atoms with Crippen molar-refractivity contribution in [1.82, 2.24) is 5.32 Å². The second-order valence-corrected chi connectivity index (χ2v) is 9.47. The van der Waals surface area contributed by atoms with Crippen molar-refractivity contribution in [3.63, 3.8) is 0 Å². The van der Waals surface area contributed by atoms with Gasteiger partial charge in [-0.2, -0.15) is 26.3 Å². The summed E-state index contributed by atoms with van der Waals surface area (Å²) in [5, 5.41) is 1.70. The highest BCUT2D eigenvalue weighted by Gasteiger charge is 2.67. The number of hydrogen-bond donors (Lipinski definition) is 1. The maximum absolute atomic E-state index is 13.6. The summed E-state index contributed by atoms with van der Waals surface area (Å²) in [6.45, 7) is -0.560. The highest BCUT2D eigenvalue weighted by Crippen LogP contribution is 2.65. The molecule has 0 bridgehead atoms. The number of alkyl halides is 8. The van der Waals surface area contributed by atoms with Crippen LogP contribution < -0.4 is 5.32 Å². The number of carbonyl (C=O) groups is 2. The smallest absolute Gasteiger partial charge is 0.344 e. The molecular formula is C21H13Cl3F7NO2. The van der Waals surface area contributed by atoms with Crippen LogP contribution in [0, 0.1) is 11.7 Å². The average molecular weight is 551 g/mol. The number of ketones is 1. The zero-order valence-electron chi connectivity index (χ0n) is 16.6. The Morgan fingerprint density at radius 2 is 1.65 bits per heavy atom. The van der Waals surface area contributed by atoms with Crippen LogP contribution in [0.3, 0.4) is 0 Å². The van der Waals surface area contributed by atoms with Crippen molar-refractivity contribution in [2.75, 3.05) is 0 Å². The van der Waals surface area contributed by atoms with E-state index in [1.54, 1.807) is 5.32 Å². The third-order valence-electron chi connectivity index (χ3n) is 5.24. The molecular weight excluding hydrogens is 538 g/mol. The van der Waals surface area contributed by atoms with Crippen LogP contribution in [-0.2, 0) is 28.7 Å². The van der Waals surface area contributed by atoms with Gasteiger partial charge in [0.25, 0.3) is 0 Å². The number of nitrogens with one attached hydrogen (secondary N) is 1. The van der Waals surface area contributed by atoms with Gasteiger partial charge in [0.15, 0.2) is 0 Å². The number of rotatable bonds is 6. The molecule has 1 aliphatic rings. The number of benzene rings is 2. The number of Topliss-reactive ketones (excluding diaryl/α,β-unsaturated/α-hetero) is 1. The SMILES string of the molecule is O=C(Cc1ccc(Cl)c(CNC(=O)C(F)(F)F)c1)C1C(c2ccc(F)c(C(F)(F)F)c2)C1(Cl)Cl. The van der Waals surface area contributed by atoms with E-state index in [2.05, 4.69) is 0 Å². The lowest BCUT2D eigenvalue weighted by molar-refractivity contribution is -0.173. The molecule has 2 aromatic rings. The second-order valence-electron chi connectivity index (χ2n) is 7.62. The number of amides is 1. The van der Waals surface area contributed by atoms with Crippen molar-refractivity contribution >= 4 is 46.5 Å². The predicted octanol–water partition coefficient (Wildman–Crippen LogP) is 6.38. The van der Waals surface area contributed by atoms with Gasteiger partial charge in [0.1, 0.15) is 15.9 Å². The summed E-state index contributed by atoms with van der Waals surface area (Å²) in [7, 11) is 0. The lowest BCUT2D eigenvalue weighted by Gasteiger charge is -2.11. The maximum Gasteiger partial charge on any atom is 0.471 e. The van der Waals surface area contributed by atoms with Crippen LogP contribution in [0.25, 0.3) is 0 Å². The third-order valence-corrected chi connectivity index (χ3v) is 6.55. The van der Waals surface area contributed by atoms with E-state index in [0.717, 1.165) is 6.07 Å². The van der Waals surface area contributed by atoms with Crippen molar-refractivity contribution in [3.05, 3.63) is 69.5 Å². The minimum atomic E-state index is -5.09. The molecule has 34 heavy (non-hydrogen) atoms. The van der Waals surface area contributed by atoms with Gasteiger partial charge in [-0.1, -0.05) is 29.8 Å². The molecule has 1 fully saturated rings. The van der Waals surface area contributed by atoms with E-state index in [0.29, 0.717) is 17.7 Å². The molecule has 0 saturated heterocycles. The molecule has 0 aromatic heterocycles. The molecule has 1 aliphatic carbocycles. The fourth-order valence-electron chi connectivity index (χ4n) is 3.56. The quantitative estimate of drug-likeness (QED) is 0.335. The summed E-state index contributed by atoms with van der Waals surface area (Å²) in [6, 6.07) is 6.26. The fourth-order valence-corrected chi connectivity index (χ4v) is 4.61. The molecule has 3 rings (SSSR count). The van der Waals surface area contributed by atoms with E-state index in [1.807, 2.05) is 0 Å². The molecule has 0 spiro atoms. The van der Waals surface area contributed by atoms with E-state index in [4.69, 9.17) is 34.8 Å². The van der Waals surface area contributed by atoms with Crippen LogP contribution in [0.2, 0.25) is 5.02 Å². The maximum atomic E-state index is 13.6. The summed E-state index contributed by atoms with van der Waals surface area (Å²) in [4.78, 5) is 23.8. The second kappa shape index (κ2) is 9.20. The van der Waals surface area contributed by atoms with Gasteiger partial charge in [0.2, 0.25) is 0 Å². The topological polar surface area (TPSA) is 46.2 Å². The third kappa shape index (κ3) is 5.60. The molecule has 184 valence electrons. The van der Waals surface area contributed by atoms with E-state index in [1.165, 1.54) is 18.2 Å². The first kappa shape index (κ1) is 26.6. The standard InChI is InChI=1S/C21H13Cl3F7NO2/c22-13-3-1-9(5-11(13)8-32-18(34)21(29,30)31)6-15(33)17-16(19(17,23)24)10-2-4-14(25)12(7-10)20(26,27)28/h1-5,7,16-17H,6,8H2,(H,32,34). The first-order valence-electron chi connectivity index (χ1n) is 9.43. The monoisotopic (exact) mass is 549 g/mol. The van der Waals surface area contributed by atoms with Gasteiger partial charge in [0, 0.05) is 23.9 Å². The molecule has 1 amide bonds. The van der Waals surface area contributed by atoms with Gasteiger partial charge in [-0.25, -0.2) is 4.39 Å². The highest BCUT2D eigenvalue weighted by molar-refractivity contribution is 6.53. The fraction of sp³-hybridized carbons (Fsp3) is 0.333. The molecule has 0 aliphatic heterocycles. The Labute approximate surface area is 203 Å². The zero-order valence-corrected chi connectivity index (χ0v) is 18.9. The Bertz CT molecular complexity index is 1130. The molecule has 2 unspecified atom stereocenters. The Morgan fingerprint density at radius 3 is 2.24 bits per heavy atom. The van der Waals surface area contributed by atoms with Gasteiger partial charge in [-0.05, 0) is 34.9 Å². The van der Waals surface area contributed by atoms with E-state index in [-0.39, 0.29) is 22.6 Å². The van der Waals surface area contributed by atoms with Crippen molar-refractivity contribution in [1.29, 1.82) is 0 Å². The van der Waals surface area contributed by atoms with Gasteiger partial charge in [0.05, 0.1) is 11.5 Å². The molecule has 2 aromatic carbocycles. The highest BCUT2D eigenvalue weighted by atomic mass is 35.5. The summed E-state index contributed by atoms with van der Waals surface area (Å²) < 4.78 is 88.0. The first-order valence-corrected chi connectivity index (χ1v) is 10.6. The molecule has 1 saturated carbocycles. The van der Waals surface area contributed by atoms with Crippen LogP contribution in [0.4, 0.5) is 30.7 Å². The van der Waals surface area contributed by atoms with E-state index < -0.39 is 58.1 Å². The van der Waals surface area contributed by atoms with Crippen molar-refractivity contribution in [3.8, 4) is 0 Å². The Hall–Kier alpha value is -2.04. The summed E-state index contributed by atoms with van der Waals surface area (Å²) in [6.07, 6.45) is -10.4. The van der Waals surface area contributed by atoms with Crippen molar-refractivity contribution < 1.29 is 40.3 Å². The minimum Gasteiger partial charge on any atom is -0.344 e. The Balaban J connectivity index is 1.76. The largest absolute Gasteiger partial charge is 0.471 e. The number of hydrogen-bond acceptors (Lipinski definition) is 2. The van der Waals surface area contributed by atoms with Crippen LogP contribution in [0.15, 0.2) is 36.4 Å². The van der Waals surface area contributed by atoms with E-state index in [9.17, 15) is 40.3 Å². The number of carbonyl (C=O) groups excluding carboxylic acids is 2. The zero-order chi connectivity index (χ0) is 25.6. The Morgan fingerprint density at radius 1 is 1.00 bits per heavy atom. The van der Waals surface area contributed by atoms with Crippen LogP contribution in [0.5, 0.6) is 0 Å². The van der Waals surface area contributed by atoms with Crippen molar-refractivity contribution in [2.45, 2.75) is 35.6 Å². The molecule has 0 radical (unpaired) electrons. The average Bonchev–Trinajstić information content (AvgIpc) is 3.28. The summed E-state index contributed by atoms with van der Waals surface area (Å²) >= 11 is 18.2. The lowest BCUT2D eigenvalue weighted by Crippen LogP contribution is -2.36. The normalized spacial score (nSPS) is 19.6. The van der Waals surface area contributed by atoms with Crippen molar-refractivity contribution in [2.24, 2.45) is 5.92 Å². The summed E-state index contributed by atoms with van der Waals surface area (Å²) in [5.74, 6) is -6.34. The summed E-state index contributed by atoms with van der Waals surface area (Å²) in [5.41, 5.74) is -1.18. The molecule has 1 N–H and O–H groups in total. The number of halogens is 10. The van der Waals surface area contributed by atoms with Crippen LogP contribution in [-0.4, -0.2) is 22.2 Å². The van der Waals surface area contributed by atoms with Gasteiger partial charge < -0.3 is 5.32 Å². The molecule has 2 atom stereocenters. The van der Waals surface area contributed by atoms with Crippen LogP contribution >= 0.6 is 34.8 Å². The lowest BCUT2D eigenvalue weighted by atomic mass is 10.00. The Kier molecular flexibility index (Phi) is 7.19. The van der Waals surface area contributed by atoms with Gasteiger partial charge >= 0.3 is 18.3 Å². The van der Waals surface area contributed by atoms with Gasteiger partial charge in [-0.15, -0.1) is 23.2 Å².